The Morgan fingerprint density at radius 2 is 2.31 bits per heavy atom. The van der Waals surface area contributed by atoms with Crippen LogP contribution in [-0.4, -0.2) is 15.6 Å². The topological polar surface area (TPSA) is 60.1 Å². The summed E-state index contributed by atoms with van der Waals surface area (Å²) in [6, 6.07) is 3.99. The minimum Gasteiger partial charge on any atom is -0.432 e. The number of hydrogen-bond donors (Lipinski definition) is 1. The molecule has 2 aromatic rings. The molecule has 0 amide bonds. The Bertz CT molecular complexity index is 514. The van der Waals surface area contributed by atoms with E-state index in [1.807, 2.05) is 13.8 Å². The molecule has 2 aromatic heterocycles. The lowest BCUT2D eigenvalue weighted by Gasteiger charge is -2.09. The van der Waals surface area contributed by atoms with Gasteiger partial charge in [0.25, 0.3) is 5.56 Å². The quantitative estimate of drug-likeness (QED) is 0.852. The van der Waals surface area contributed by atoms with Crippen LogP contribution in [0.5, 0.6) is 0 Å². The molecule has 16 heavy (non-hydrogen) atoms. The zero-order valence-corrected chi connectivity index (χ0v) is 9.18. The van der Waals surface area contributed by atoms with Crippen LogP contribution < -0.4 is 10.9 Å². The number of nitrogens with one attached hydrogen (secondary N) is 1. The molecule has 0 atom stereocenters. The van der Waals surface area contributed by atoms with Crippen molar-refractivity contribution < 1.29 is 4.42 Å². The molecule has 5 nitrogen and oxygen atoms in total. The maximum atomic E-state index is 12.0. The van der Waals surface area contributed by atoms with Gasteiger partial charge in [-0.2, -0.15) is 0 Å². The fraction of sp³-hybridized carbons (Fsp3) is 0.273. The maximum Gasteiger partial charge on any atom is 0.308 e. The van der Waals surface area contributed by atoms with Gasteiger partial charge in [0.15, 0.2) is 0 Å². The lowest BCUT2D eigenvalue weighted by Crippen LogP contribution is -2.24. The molecule has 2 rings (SSSR count). The molecule has 2 heterocycles. The van der Waals surface area contributed by atoms with E-state index in [9.17, 15) is 4.79 Å². The predicted molar refractivity (Wildman–Crippen MR) is 60.9 cm³/mol. The lowest BCUT2D eigenvalue weighted by atomic mass is 10.3. The first-order valence-electron chi connectivity index (χ1n) is 5.06. The van der Waals surface area contributed by atoms with Crippen molar-refractivity contribution in [3.63, 3.8) is 0 Å². The van der Waals surface area contributed by atoms with Crippen LogP contribution in [0.25, 0.3) is 6.01 Å². The summed E-state index contributed by atoms with van der Waals surface area (Å²) in [5.74, 6) is 0. The van der Waals surface area contributed by atoms with Crippen LogP contribution in [0, 0.1) is 0 Å². The summed E-state index contributed by atoms with van der Waals surface area (Å²) in [5, 5.41) is 3.07. The van der Waals surface area contributed by atoms with Crippen LogP contribution in [0.3, 0.4) is 0 Å². The van der Waals surface area contributed by atoms with Crippen LogP contribution in [0.4, 0.5) is 5.69 Å². The van der Waals surface area contributed by atoms with Crippen molar-refractivity contribution in [1.82, 2.24) is 9.55 Å². The van der Waals surface area contributed by atoms with Gasteiger partial charge in [-0.1, -0.05) is 0 Å². The number of nitrogens with zero attached hydrogens (tertiary/aromatic N) is 2. The van der Waals surface area contributed by atoms with Crippen molar-refractivity contribution in [1.29, 1.82) is 0 Å². The number of hydrogen-bond acceptors (Lipinski definition) is 4. The van der Waals surface area contributed by atoms with E-state index in [0.717, 1.165) is 0 Å². The number of rotatable bonds is 3. The first-order valence-corrected chi connectivity index (χ1v) is 5.06. The van der Waals surface area contributed by atoms with Crippen LogP contribution in [0.2, 0.25) is 0 Å². The van der Waals surface area contributed by atoms with Crippen LogP contribution in [-0.2, 0) is 0 Å². The number of pyridine rings is 1. The van der Waals surface area contributed by atoms with Crippen molar-refractivity contribution in [3.8, 4) is 6.01 Å². The van der Waals surface area contributed by atoms with Gasteiger partial charge in [-0.05, 0) is 26.0 Å². The molecule has 0 aromatic carbocycles. The second-order valence-electron chi connectivity index (χ2n) is 3.71. The molecule has 0 aliphatic rings. The Morgan fingerprint density at radius 3 is 2.94 bits per heavy atom. The van der Waals surface area contributed by atoms with Gasteiger partial charge in [-0.15, -0.1) is 0 Å². The third kappa shape index (κ3) is 1.98. The van der Waals surface area contributed by atoms with Gasteiger partial charge in [0.2, 0.25) is 0 Å². The van der Waals surface area contributed by atoms with Crippen LogP contribution in [0.15, 0.2) is 40.0 Å². The summed E-state index contributed by atoms with van der Waals surface area (Å²) in [4.78, 5) is 15.9. The van der Waals surface area contributed by atoms with E-state index < -0.39 is 0 Å². The van der Waals surface area contributed by atoms with E-state index in [0.29, 0.717) is 5.69 Å². The summed E-state index contributed by atoms with van der Waals surface area (Å²) < 4.78 is 6.45. The van der Waals surface area contributed by atoms with E-state index in [-0.39, 0.29) is 17.6 Å². The number of aromatic nitrogens is 2. The zero-order chi connectivity index (χ0) is 11.5. The third-order valence-corrected chi connectivity index (χ3v) is 2.02. The van der Waals surface area contributed by atoms with Crippen LogP contribution >= 0.6 is 0 Å². The minimum atomic E-state index is -0.168. The molecule has 0 unspecified atom stereocenters. The average molecular weight is 219 g/mol. The van der Waals surface area contributed by atoms with Crippen LogP contribution in [0.1, 0.15) is 13.8 Å². The maximum absolute atomic E-state index is 12.0. The fourth-order valence-electron chi connectivity index (χ4n) is 1.40. The second kappa shape index (κ2) is 4.22. The van der Waals surface area contributed by atoms with Crippen molar-refractivity contribution in [3.05, 3.63) is 41.1 Å². The van der Waals surface area contributed by atoms with E-state index >= 15 is 0 Å². The van der Waals surface area contributed by atoms with Crippen molar-refractivity contribution in [2.24, 2.45) is 0 Å². The van der Waals surface area contributed by atoms with E-state index in [2.05, 4.69) is 10.3 Å². The Balaban J connectivity index is 2.45. The van der Waals surface area contributed by atoms with Crippen molar-refractivity contribution in [2.45, 2.75) is 19.9 Å². The van der Waals surface area contributed by atoms with E-state index in [1.165, 1.54) is 17.0 Å². The molecule has 0 aliphatic heterocycles. The smallest absolute Gasteiger partial charge is 0.308 e. The zero-order valence-electron chi connectivity index (χ0n) is 9.18. The summed E-state index contributed by atoms with van der Waals surface area (Å²) in [5.41, 5.74) is 0.370. The molecular weight excluding hydrogens is 206 g/mol. The summed E-state index contributed by atoms with van der Waals surface area (Å²) in [6.07, 6.45) is 4.56. The van der Waals surface area contributed by atoms with Gasteiger partial charge < -0.3 is 9.73 Å². The van der Waals surface area contributed by atoms with Gasteiger partial charge in [0.1, 0.15) is 12.0 Å². The largest absolute Gasteiger partial charge is 0.432 e. The SMILES string of the molecule is CC(C)Nc1cccn(-c2ncco2)c1=O. The molecule has 0 fully saturated rings. The molecule has 0 bridgehead atoms. The summed E-state index contributed by atoms with van der Waals surface area (Å²) >= 11 is 0. The lowest BCUT2D eigenvalue weighted by molar-refractivity contribution is 0.522. The third-order valence-electron chi connectivity index (χ3n) is 2.02. The molecule has 84 valence electrons. The molecule has 0 spiro atoms. The molecule has 0 saturated heterocycles. The first-order chi connectivity index (χ1) is 7.68. The molecule has 0 saturated carbocycles. The number of anilines is 1. The second-order valence-corrected chi connectivity index (χ2v) is 3.71. The Kier molecular flexibility index (Phi) is 2.76. The molecule has 0 radical (unpaired) electrons. The Labute approximate surface area is 92.7 Å². The highest BCUT2D eigenvalue weighted by atomic mass is 16.4. The van der Waals surface area contributed by atoms with E-state index in [4.69, 9.17) is 4.42 Å². The van der Waals surface area contributed by atoms with E-state index in [1.54, 1.807) is 18.3 Å². The monoisotopic (exact) mass is 219 g/mol. The highest BCUT2D eigenvalue weighted by Crippen LogP contribution is 2.05. The van der Waals surface area contributed by atoms with Gasteiger partial charge >= 0.3 is 6.01 Å². The van der Waals surface area contributed by atoms with Gasteiger partial charge in [0.05, 0.1) is 6.20 Å². The van der Waals surface area contributed by atoms with Gasteiger partial charge in [-0.25, -0.2) is 9.55 Å². The van der Waals surface area contributed by atoms with Crippen molar-refractivity contribution >= 4 is 5.69 Å². The molecule has 1 N–H and O–H groups in total. The van der Waals surface area contributed by atoms with Gasteiger partial charge in [-0.3, -0.25) is 4.79 Å². The van der Waals surface area contributed by atoms with Gasteiger partial charge in [0, 0.05) is 12.2 Å². The van der Waals surface area contributed by atoms with Crippen molar-refractivity contribution in [2.75, 3.05) is 5.32 Å². The highest BCUT2D eigenvalue weighted by Gasteiger charge is 2.07. The summed E-state index contributed by atoms with van der Waals surface area (Å²) in [7, 11) is 0. The highest BCUT2D eigenvalue weighted by molar-refractivity contribution is 5.42. The number of oxazole rings is 1. The Hall–Kier alpha value is -2.04. The predicted octanol–water partition coefficient (Wildman–Crippen LogP) is 1.65. The standard InChI is InChI=1S/C11H13N3O2/c1-8(2)13-9-4-3-6-14(10(9)15)11-12-5-7-16-11/h3-8,13H,1-2H3. The Morgan fingerprint density at radius 1 is 1.50 bits per heavy atom. The molecule has 5 heteroatoms. The average Bonchev–Trinajstić information content (AvgIpc) is 2.73. The first kappa shape index (κ1) is 10.5. The normalized spacial score (nSPS) is 10.7. The molecular formula is C11H13N3O2. The summed E-state index contributed by atoms with van der Waals surface area (Å²) in [6.45, 7) is 3.95. The fourth-order valence-corrected chi connectivity index (χ4v) is 1.40. The minimum absolute atomic E-state index is 0.168. The molecule has 0 aliphatic carbocycles.